The number of nitriles is 1. The molecule has 2 amide bonds. The number of rotatable bonds is 9. The minimum atomic E-state index is -0.722. The van der Waals surface area contributed by atoms with E-state index < -0.39 is 17.8 Å². The van der Waals surface area contributed by atoms with Crippen molar-refractivity contribution in [3.8, 4) is 28.8 Å². The molecule has 0 aliphatic carbocycles. The Morgan fingerprint density at radius 3 is 2.52 bits per heavy atom. The lowest BCUT2D eigenvalue weighted by atomic mass is 9.93. The van der Waals surface area contributed by atoms with E-state index in [1.54, 1.807) is 30.0 Å². The van der Waals surface area contributed by atoms with Crippen LogP contribution in [0.5, 0.6) is 5.75 Å². The van der Waals surface area contributed by atoms with Gasteiger partial charge in [0, 0.05) is 29.8 Å². The minimum Gasteiger partial charge on any atom is -0.489 e. The van der Waals surface area contributed by atoms with E-state index in [1.807, 2.05) is 61.5 Å². The summed E-state index contributed by atoms with van der Waals surface area (Å²) in [5, 5.41) is 14.5. The molecule has 9 nitrogen and oxygen atoms in total. The number of para-hydroxylation sites is 1. The second kappa shape index (κ2) is 12.1. The number of nitrogens with zero attached hydrogens (tertiary/aromatic N) is 4. The van der Waals surface area contributed by atoms with Crippen molar-refractivity contribution in [1.82, 2.24) is 14.7 Å². The van der Waals surface area contributed by atoms with Crippen LogP contribution in [0.3, 0.4) is 0 Å². The van der Waals surface area contributed by atoms with Crippen LogP contribution in [-0.4, -0.2) is 52.2 Å². The molecule has 0 radical (unpaired) electrons. The van der Waals surface area contributed by atoms with E-state index in [4.69, 9.17) is 14.6 Å². The van der Waals surface area contributed by atoms with Crippen LogP contribution in [0, 0.1) is 18.3 Å². The molecule has 1 aromatic heterocycles. The second-order valence-electron chi connectivity index (χ2n) is 9.06. The Kier molecular flexibility index (Phi) is 8.40. The highest BCUT2D eigenvalue weighted by atomic mass is 16.5. The number of esters is 1. The molecule has 9 heteroatoms. The number of aryl methyl sites for hydroxylation is 1. The Morgan fingerprint density at radius 1 is 1.12 bits per heavy atom. The summed E-state index contributed by atoms with van der Waals surface area (Å²) in [6, 6.07) is 17.1. The standard InChI is InChI=1S/C31H28N4O5/c1-5-14-40-28-12-11-23(16-20(28)2)29-24(19-35(33-29)25-9-7-6-8-10-25)17-26-21(3)27(18-32)31(38)34(30(26)37)13-15-39-22(4)36/h5-12,16-17,19H,1,13-15H2,2-4H3/b26-17+. The van der Waals surface area contributed by atoms with E-state index in [9.17, 15) is 19.6 Å². The van der Waals surface area contributed by atoms with Crippen LogP contribution in [0.1, 0.15) is 25.0 Å². The summed E-state index contributed by atoms with van der Waals surface area (Å²) >= 11 is 0. The first-order chi connectivity index (χ1) is 19.2. The van der Waals surface area contributed by atoms with Gasteiger partial charge in [-0.2, -0.15) is 10.4 Å². The van der Waals surface area contributed by atoms with Crippen molar-refractivity contribution in [3.63, 3.8) is 0 Å². The zero-order valence-corrected chi connectivity index (χ0v) is 22.5. The lowest BCUT2D eigenvalue weighted by Crippen LogP contribution is -2.44. The van der Waals surface area contributed by atoms with E-state index >= 15 is 0 Å². The highest BCUT2D eigenvalue weighted by Gasteiger charge is 2.35. The lowest BCUT2D eigenvalue weighted by Gasteiger charge is -2.27. The molecule has 40 heavy (non-hydrogen) atoms. The summed E-state index contributed by atoms with van der Waals surface area (Å²) in [5.74, 6) is -1.13. The third-order valence-electron chi connectivity index (χ3n) is 6.31. The van der Waals surface area contributed by atoms with Crippen LogP contribution in [0.25, 0.3) is 23.0 Å². The van der Waals surface area contributed by atoms with E-state index in [1.165, 1.54) is 6.92 Å². The van der Waals surface area contributed by atoms with Crippen LogP contribution < -0.4 is 4.74 Å². The second-order valence-corrected chi connectivity index (χ2v) is 9.06. The molecule has 2 heterocycles. The lowest BCUT2D eigenvalue weighted by molar-refractivity contribution is -0.147. The Labute approximate surface area is 232 Å². The normalized spacial score (nSPS) is 14.3. The number of aromatic nitrogens is 2. The Morgan fingerprint density at radius 2 is 1.88 bits per heavy atom. The molecule has 0 unspecified atom stereocenters. The molecule has 2 aromatic carbocycles. The molecular weight excluding hydrogens is 508 g/mol. The number of imide groups is 1. The van der Waals surface area contributed by atoms with Gasteiger partial charge in [0.05, 0.1) is 17.9 Å². The molecule has 4 rings (SSSR count). The molecule has 0 N–H and O–H groups in total. The third kappa shape index (κ3) is 5.76. The van der Waals surface area contributed by atoms with Crippen molar-refractivity contribution < 1.29 is 23.9 Å². The van der Waals surface area contributed by atoms with Gasteiger partial charge in [0.1, 0.15) is 30.6 Å². The van der Waals surface area contributed by atoms with E-state index in [0.29, 0.717) is 23.6 Å². The smallest absolute Gasteiger partial charge is 0.302 e. The number of carbonyl (C=O) groups excluding carboxylic acids is 3. The van der Waals surface area contributed by atoms with Crippen LogP contribution in [0.2, 0.25) is 0 Å². The van der Waals surface area contributed by atoms with Crippen molar-refractivity contribution in [3.05, 3.63) is 95.2 Å². The van der Waals surface area contributed by atoms with Gasteiger partial charge in [-0.1, -0.05) is 30.9 Å². The fourth-order valence-corrected chi connectivity index (χ4v) is 4.31. The first-order valence-corrected chi connectivity index (χ1v) is 12.6. The molecular formula is C31H28N4O5. The molecule has 0 spiro atoms. The highest BCUT2D eigenvalue weighted by molar-refractivity contribution is 6.19. The molecule has 0 saturated heterocycles. The predicted molar refractivity (Wildman–Crippen MR) is 149 cm³/mol. The van der Waals surface area contributed by atoms with Gasteiger partial charge >= 0.3 is 5.97 Å². The quantitative estimate of drug-likeness (QED) is 0.170. The maximum absolute atomic E-state index is 13.5. The fourth-order valence-electron chi connectivity index (χ4n) is 4.31. The first kappa shape index (κ1) is 27.8. The van der Waals surface area contributed by atoms with Crippen LogP contribution in [0.4, 0.5) is 0 Å². The molecule has 0 atom stereocenters. The zero-order valence-electron chi connectivity index (χ0n) is 22.5. The molecule has 202 valence electrons. The molecule has 0 bridgehead atoms. The van der Waals surface area contributed by atoms with Crippen molar-refractivity contribution in [2.45, 2.75) is 20.8 Å². The van der Waals surface area contributed by atoms with Crippen LogP contribution >= 0.6 is 0 Å². The van der Waals surface area contributed by atoms with Crippen LogP contribution in [0.15, 0.2) is 84.1 Å². The zero-order chi connectivity index (χ0) is 28.8. The van der Waals surface area contributed by atoms with Gasteiger partial charge in [0.2, 0.25) is 0 Å². The van der Waals surface area contributed by atoms with Crippen LogP contribution in [-0.2, 0) is 19.1 Å². The SMILES string of the molecule is C=CCOc1ccc(-c2nn(-c3ccccc3)cc2/C=C2/C(=O)N(CCOC(C)=O)C(=O)C(C#N)=C2C)cc1C. The summed E-state index contributed by atoms with van der Waals surface area (Å²) < 4.78 is 12.4. The number of hydrogen-bond donors (Lipinski definition) is 0. The average Bonchev–Trinajstić information content (AvgIpc) is 3.37. The van der Waals surface area contributed by atoms with Crippen molar-refractivity contribution in [2.24, 2.45) is 0 Å². The number of hydrogen-bond acceptors (Lipinski definition) is 7. The van der Waals surface area contributed by atoms with Gasteiger partial charge in [0.15, 0.2) is 0 Å². The number of ether oxygens (including phenoxy) is 2. The molecule has 0 fully saturated rings. The Balaban J connectivity index is 1.84. The molecule has 3 aromatic rings. The number of amides is 2. The average molecular weight is 537 g/mol. The Hall–Kier alpha value is -5.23. The Bertz CT molecular complexity index is 1590. The summed E-state index contributed by atoms with van der Waals surface area (Å²) in [6.45, 7) is 8.45. The van der Waals surface area contributed by atoms with Gasteiger partial charge in [-0.15, -0.1) is 0 Å². The highest BCUT2D eigenvalue weighted by Crippen LogP contribution is 2.33. The minimum absolute atomic E-state index is 0.148. The first-order valence-electron chi connectivity index (χ1n) is 12.6. The fraction of sp³-hybridized carbons (Fsp3) is 0.194. The third-order valence-corrected chi connectivity index (χ3v) is 6.31. The van der Waals surface area contributed by atoms with Crippen molar-refractivity contribution in [2.75, 3.05) is 19.8 Å². The molecule has 1 aliphatic heterocycles. The van der Waals surface area contributed by atoms with Crippen molar-refractivity contribution >= 4 is 23.9 Å². The topological polar surface area (TPSA) is 115 Å². The monoisotopic (exact) mass is 536 g/mol. The van der Waals surface area contributed by atoms with Crippen molar-refractivity contribution in [1.29, 1.82) is 5.26 Å². The van der Waals surface area contributed by atoms with E-state index in [0.717, 1.165) is 21.7 Å². The predicted octanol–water partition coefficient (Wildman–Crippen LogP) is 4.57. The van der Waals surface area contributed by atoms with Gasteiger partial charge in [-0.05, 0) is 61.4 Å². The summed E-state index contributed by atoms with van der Waals surface area (Å²) in [4.78, 5) is 38.5. The van der Waals surface area contributed by atoms with Gasteiger partial charge < -0.3 is 9.47 Å². The summed E-state index contributed by atoms with van der Waals surface area (Å²) in [5.41, 5.74) is 4.00. The summed E-state index contributed by atoms with van der Waals surface area (Å²) in [7, 11) is 0. The van der Waals surface area contributed by atoms with Gasteiger partial charge in [0.25, 0.3) is 11.8 Å². The number of carbonyl (C=O) groups is 3. The van der Waals surface area contributed by atoms with Gasteiger partial charge in [-0.3, -0.25) is 19.3 Å². The van der Waals surface area contributed by atoms with E-state index in [-0.39, 0.29) is 29.9 Å². The maximum Gasteiger partial charge on any atom is 0.302 e. The largest absolute Gasteiger partial charge is 0.489 e. The summed E-state index contributed by atoms with van der Waals surface area (Å²) in [6.07, 6.45) is 5.10. The molecule has 0 saturated carbocycles. The maximum atomic E-state index is 13.5. The van der Waals surface area contributed by atoms with Gasteiger partial charge in [-0.25, -0.2) is 4.68 Å². The van der Waals surface area contributed by atoms with E-state index in [2.05, 4.69) is 6.58 Å². The number of benzene rings is 2. The molecule has 1 aliphatic rings.